The summed E-state index contributed by atoms with van der Waals surface area (Å²) in [6.07, 6.45) is 20.2. The molecular weight excluding hydrogens is 344 g/mol. The lowest BCUT2D eigenvalue weighted by Crippen LogP contribution is -2.27. The Morgan fingerprint density at radius 2 is 1.85 bits per heavy atom. The summed E-state index contributed by atoms with van der Waals surface area (Å²) in [5, 5.41) is 0. The third-order valence-corrected chi connectivity index (χ3v) is 4.95. The minimum absolute atomic E-state index is 0.0446. The van der Waals surface area contributed by atoms with Crippen molar-refractivity contribution in [1.29, 1.82) is 0 Å². The Morgan fingerprint density at radius 3 is 2.46 bits per heavy atom. The Bertz CT molecular complexity index is 519. The maximum Gasteiger partial charge on any atom is 0.158 e. The summed E-state index contributed by atoms with van der Waals surface area (Å²) in [7, 11) is 0. The molecule has 0 aliphatic carbocycles. The van der Waals surface area contributed by atoms with E-state index in [9.17, 15) is 0 Å². The molecule has 0 aromatic rings. The first-order valence-corrected chi connectivity index (χ1v) is 10.3. The quantitative estimate of drug-likeness (QED) is 0.230. The summed E-state index contributed by atoms with van der Waals surface area (Å²) in [5.74, 6) is 3.35. The van der Waals surface area contributed by atoms with Crippen LogP contribution < -0.4 is 0 Å². The molecule has 2 atom stereocenters. The van der Waals surface area contributed by atoms with Crippen molar-refractivity contribution in [3.63, 3.8) is 0 Å². The van der Waals surface area contributed by atoms with Gasteiger partial charge in [-0.25, -0.2) is 0 Å². The standard InChI is InChI=1S/C23H35ClO2/c1-5-10-22(26-23-15-6-7-16-25-23)17-20(3)13-8-11-19(2)12-9-14-21(4)18-24/h1,11,14,17,22-23H,6-10,12-13,15-16,18H2,2-4H3/b19-11+,20-17+,21-14+. The van der Waals surface area contributed by atoms with E-state index in [1.165, 1.54) is 23.1 Å². The number of halogens is 1. The fraction of sp³-hybridized carbons (Fsp3) is 0.652. The molecule has 0 aromatic heterocycles. The summed E-state index contributed by atoms with van der Waals surface area (Å²) in [5.41, 5.74) is 4.01. The van der Waals surface area contributed by atoms with Gasteiger partial charge in [0.2, 0.25) is 0 Å². The molecule has 0 amide bonds. The van der Waals surface area contributed by atoms with Crippen LogP contribution in [0.2, 0.25) is 0 Å². The molecule has 1 aliphatic rings. The molecule has 1 aliphatic heterocycles. The normalized spacial score (nSPS) is 20.7. The summed E-state index contributed by atoms with van der Waals surface area (Å²) < 4.78 is 11.7. The van der Waals surface area contributed by atoms with Crippen LogP contribution in [0.15, 0.2) is 34.9 Å². The number of alkyl halides is 1. The van der Waals surface area contributed by atoms with Crippen LogP contribution in [0.5, 0.6) is 0 Å². The van der Waals surface area contributed by atoms with Crippen LogP contribution >= 0.6 is 11.6 Å². The van der Waals surface area contributed by atoms with Crippen LogP contribution in [0.25, 0.3) is 0 Å². The van der Waals surface area contributed by atoms with Gasteiger partial charge >= 0.3 is 0 Å². The monoisotopic (exact) mass is 378 g/mol. The zero-order valence-electron chi connectivity index (χ0n) is 16.7. The first kappa shape index (κ1) is 23.0. The van der Waals surface area contributed by atoms with Gasteiger partial charge in [0, 0.05) is 18.9 Å². The van der Waals surface area contributed by atoms with Crippen molar-refractivity contribution in [3.8, 4) is 12.3 Å². The minimum Gasteiger partial charge on any atom is -0.353 e. The van der Waals surface area contributed by atoms with Gasteiger partial charge in [-0.15, -0.1) is 23.9 Å². The Hall–Kier alpha value is -1.01. The van der Waals surface area contributed by atoms with Gasteiger partial charge in [-0.1, -0.05) is 34.9 Å². The zero-order chi connectivity index (χ0) is 19.2. The van der Waals surface area contributed by atoms with Gasteiger partial charge in [0.15, 0.2) is 6.29 Å². The molecule has 3 heteroatoms. The Labute approximate surface area is 165 Å². The lowest BCUT2D eigenvalue weighted by Gasteiger charge is -2.26. The lowest BCUT2D eigenvalue weighted by atomic mass is 10.0. The first-order valence-electron chi connectivity index (χ1n) is 9.80. The highest BCUT2D eigenvalue weighted by Crippen LogP contribution is 2.19. The average molecular weight is 379 g/mol. The van der Waals surface area contributed by atoms with Crippen molar-refractivity contribution in [2.75, 3.05) is 12.5 Å². The van der Waals surface area contributed by atoms with Crippen LogP contribution in [-0.4, -0.2) is 24.9 Å². The van der Waals surface area contributed by atoms with Gasteiger partial charge in [-0.2, -0.15) is 0 Å². The molecule has 0 N–H and O–H groups in total. The zero-order valence-corrected chi connectivity index (χ0v) is 17.5. The van der Waals surface area contributed by atoms with E-state index in [0.717, 1.165) is 45.1 Å². The maximum absolute atomic E-state index is 6.04. The summed E-state index contributed by atoms with van der Waals surface area (Å²) >= 11 is 5.79. The van der Waals surface area contributed by atoms with Crippen molar-refractivity contribution in [1.82, 2.24) is 0 Å². The number of allylic oxidation sites excluding steroid dienone is 5. The fourth-order valence-corrected chi connectivity index (χ4v) is 3.03. The molecule has 2 unspecified atom stereocenters. The molecular formula is C23H35ClO2. The van der Waals surface area contributed by atoms with E-state index >= 15 is 0 Å². The second-order valence-electron chi connectivity index (χ2n) is 7.20. The molecule has 2 nitrogen and oxygen atoms in total. The van der Waals surface area contributed by atoms with Gasteiger partial charge in [0.05, 0.1) is 6.10 Å². The SMILES string of the molecule is C#CCC(/C=C(\C)CC/C=C(\C)CC/C=C(\C)CCl)OC1CCCCO1. The van der Waals surface area contributed by atoms with E-state index < -0.39 is 0 Å². The van der Waals surface area contributed by atoms with Gasteiger partial charge in [0.25, 0.3) is 0 Å². The van der Waals surface area contributed by atoms with Gasteiger partial charge in [-0.3, -0.25) is 0 Å². The highest BCUT2D eigenvalue weighted by atomic mass is 35.5. The molecule has 146 valence electrons. The van der Waals surface area contributed by atoms with Crippen molar-refractivity contribution in [2.45, 2.75) is 84.5 Å². The van der Waals surface area contributed by atoms with Crippen molar-refractivity contribution < 1.29 is 9.47 Å². The molecule has 1 saturated heterocycles. The number of ether oxygens (including phenoxy) is 2. The highest BCUT2D eigenvalue weighted by molar-refractivity contribution is 6.19. The van der Waals surface area contributed by atoms with Crippen LogP contribution in [0, 0.1) is 12.3 Å². The van der Waals surface area contributed by atoms with Crippen LogP contribution in [-0.2, 0) is 9.47 Å². The van der Waals surface area contributed by atoms with Gasteiger partial charge < -0.3 is 9.47 Å². The molecule has 1 heterocycles. The van der Waals surface area contributed by atoms with Crippen LogP contribution in [0.4, 0.5) is 0 Å². The van der Waals surface area contributed by atoms with Gasteiger partial charge in [0.1, 0.15) is 0 Å². The molecule has 1 rings (SSSR count). The third kappa shape index (κ3) is 10.9. The second kappa shape index (κ2) is 14.1. The van der Waals surface area contributed by atoms with E-state index in [2.05, 4.69) is 44.9 Å². The molecule has 0 aromatic carbocycles. The molecule has 1 fully saturated rings. The van der Waals surface area contributed by atoms with Gasteiger partial charge in [-0.05, 0) is 65.7 Å². The third-order valence-electron chi connectivity index (χ3n) is 4.53. The second-order valence-corrected chi connectivity index (χ2v) is 7.47. The Kier molecular flexibility index (Phi) is 12.5. The van der Waals surface area contributed by atoms with E-state index in [0.29, 0.717) is 12.3 Å². The topological polar surface area (TPSA) is 18.5 Å². The number of hydrogen-bond donors (Lipinski definition) is 0. The number of hydrogen-bond acceptors (Lipinski definition) is 2. The van der Waals surface area contributed by atoms with E-state index in [4.69, 9.17) is 27.5 Å². The lowest BCUT2D eigenvalue weighted by molar-refractivity contribution is -0.177. The fourth-order valence-electron chi connectivity index (χ4n) is 2.93. The van der Waals surface area contributed by atoms with Crippen LogP contribution in [0.1, 0.15) is 72.1 Å². The number of terminal acetylenes is 1. The summed E-state index contributed by atoms with van der Waals surface area (Å²) in [6, 6.07) is 0. The number of rotatable bonds is 11. The Balaban J connectivity index is 2.40. The van der Waals surface area contributed by atoms with E-state index in [1.54, 1.807) is 0 Å². The summed E-state index contributed by atoms with van der Waals surface area (Å²) in [4.78, 5) is 0. The van der Waals surface area contributed by atoms with Crippen molar-refractivity contribution >= 4 is 11.6 Å². The van der Waals surface area contributed by atoms with Crippen molar-refractivity contribution in [3.05, 3.63) is 34.9 Å². The smallest absolute Gasteiger partial charge is 0.158 e. The minimum atomic E-state index is -0.0993. The molecule has 0 radical (unpaired) electrons. The molecule has 0 spiro atoms. The largest absolute Gasteiger partial charge is 0.353 e. The van der Waals surface area contributed by atoms with E-state index in [1.807, 2.05) is 0 Å². The average Bonchev–Trinajstić information content (AvgIpc) is 2.62. The predicted molar refractivity (Wildman–Crippen MR) is 112 cm³/mol. The maximum atomic E-state index is 6.04. The highest BCUT2D eigenvalue weighted by Gasteiger charge is 2.18. The summed E-state index contributed by atoms with van der Waals surface area (Å²) in [6.45, 7) is 7.23. The van der Waals surface area contributed by atoms with Crippen molar-refractivity contribution in [2.24, 2.45) is 0 Å². The van der Waals surface area contributed by atoms with Crippen LogP contribution in [0.3, 0.4) is 0 Å². The Morgan fingerprint density at radius 1 is 1.15 bits per heavy atom. The predicted octanol–water partition coefficient (Wildman–Crippen LogP) is 6.56. The molecule has 0 bridgehead atoms. The van der Waals surface area contributed by atoms with E-state index in [-0.39, 0.29) is 12.4 Å². The first-order chi connectivity index (χ1) is 12.5. The molecule has 26 heavy (non-hydrogen) atoms. The molecule has 0 saturated carbocycles.